The summed E-state index contributed by atoms with van der Waals surface area (Å²) in [6.45, 7) is 3.06. The minimum atomic E-state index is -4.18. The van der Waals surface area contributed by atoms with Crippen LogP contribution in [-0.4, -0.2) is 67.7 Å². The van der Waals surface area contributed by atoms with Crippen molar-refractivity contribution in [3.63, 3.8) is 0 Å². The average molecular weight is 435 g/mol. The number of aliphatic imine (C=N–C) groups is 1. The zero-order valence-electron chi connectivity index (χ0n) is 16.6. The van der Waals surface area contributed by atoms with Gasteiger partial charge in [-0.1, -0.05) is 24.6 Å². The Hall–Kier alpha value is -1.54. The lowest BCUT2D eigenvalue weighted by Gasteiger charge is -2.26. The fourth-order valence-electron chi connectivity index (χ4n) is 4.10. The van der Waals surface area contributed by atoms with Crippen molar-refractivity contribution < 1.29 is 17.6 Å². The van der Waals surface area contributed by atoms with E-state index in [4.69, 9.17) is 11.6 Å². The van der Waals surface area contributed by atoms with Gasteiger partial charge < -0.3 is 10.2 Å². The van der Waals surface area contributed by atoms with Gasteiger partial charge >= 0.3 is 6.18 Å². The topological polar surface area (TPSA) is 30.9 Å². The molecule has 1 saturated heterocycles. The van der Waals surface area contributed by atoms with E-state index in [0.717, 1.165) is 19.4 Å². The number of nitrogens with zero attached hydrogens (tertiary/aromatic N) is 3. The number of nitrogens with one attached hydrogen (secondary N) is 1. The SMILES string of the molecule is CCN(CC1CCN(C(=NC)NC2CC2c2c(F)cccc2Cl)C1)CC(F)(F)F. The summed E-state index contributed by atoms with van der Waals surface area (Å²) in [4.78, 5) is 7.85. The molecule has 9 heteroatoms. The molecule has 29 heavy (non-hydrogen) atoms. The van der Waals surface area contributed by atoms with Crippen LogP contribution in [0.1, 0.15) is 31.2 Å². The Balaban J connectivity index is 1.53. The molecule has 1 N–H and O–H groups in total. The maximum absolute atomic E-state index is 14.1. The van der Waals surface area contributed by atoms with Crippen LogP contribution in [0.5, 0.6) is 0 Å². The molecule has 1 aromatic rings. The van der Waals surface area contributed by atoms with E-state index < -0.39 is 12.7 Å². The zero-order chi connectivity index (χ0) is 21.2. The summed E-state index contributed by atoms with van der Waals surface area (Å²) in [7, 11) is 1.69. The highest BCUT2D eigenvalue weighted by atomic mass is 35.5. The molecule has 1 heterocycles. The summed E-state index contributed by atoms with van der Waals surface area (Å²) < 4.78 is 52.2. The first-order chi connectivity index (χ1) is 13.7. The first-order valence-corrected chi connectivity index (χ1v) is 10.3. The average Bonchev–Trinajstić information content (AvgIpc) is 3.23. The van der Waals surface area contributed by atoms with Gasteiger partial charge in [-0.15, -0.1) is 0 Å². The molecule has 1 aliphatic heterocycles. The highest BCUT2D eigenvalue weighted by Gasteiger charge is 2.43. The molecule has 2 aliphatic rings. The van der Waals surface area contributed by atoms with E-state index >= 15 is 0 Å². The Morgan fingerprint density at radius 2 is 2.14 bits per heavy atom. The van der Waals surface area contributed by atoms with Gasteiger partial charge in [0, 0.05) is 49.2 Å². The Kier molecular flexibility index (Phi) is 6.94. The molecular weight excluding hydrogens is 408 g/mol. The molecule has 0 spiro atoms. The van der Waals surface area contributed by atoms with Crippen LogP contribution >= 0.6 is 11.6 Å². The lowest BCUT2D eigenvalue weighted by molar-refractivity contribution is -0.146. The van der Waals surface area contributed by atoms with Crippen molar-refractivity contribution in [2.45, 2.75) is 37.9 Å². The number of likely N-dealkylation sites (tertiary alicyclic amines) is 1. The van der Waals surface area contributed by atoms with Crippen LogP contribution in [0.15, 0.2) is 23.2 Å². The Morgan fingerprint density at radius 1 is 1.38 bits per heavy atom. The summed E-state index contributed by atoms with van der Waals surface area (Å²) in [6.07, 6.45) is -2.59. The van der Waals surface area contributed by atoms with Crippen molar-refractivity contribution in [3.05, 3.63) is 34.6 Å². The molecule has 162 valence electrons. The molecule has 1 aliphatic carbocycles. The standard InChI is InChI=1S/C20H27ClF4N4/c1-3-28(12-20(23,24)25)10-13-7-8-29(11-13)19(26-2)27-17-9-14(17)18-15(21)5-4-6-16(18)22/h4-6,13-14,17H,3,7-12H2,1-2H3,(H,26,27). The minimum Gasteiger partial charge on any atom is -0.353 e. The van der Waals surface area contributed by atoms with Crippen LogP contribution in [-0.2, 0) is 0 Å². The molecule has 3 unspecified atom stereocenters. The monoisotopic (exact) mass is 434 g/mol. The van der Waals surface area contributed by atoms with E-state index in [0.29, 0.717) is 36.2 Å². The fourth-order valence-corrected chi connectivity index (χ4v) is 4.40. The van der Waals surface area contributed by atoms with Gasteiger partial charge in [0.1, 0.15) is 5.82 Å². The van der Waals surface area contributed by atoms with Crippen LogP contribution in [0.25, 0.3) is 0 Å². The number of rotatable bonds is 6. The second kappa shape index (κ2) is 9.08. The minimum absolute atomic E-state index is 0.00113. The van der Waals surface area contributed by atoms with Crippen LogP contribution < -0.4 is 5.32 Å². The number of halogens is 5. The lowest BCUT2D eigenvalue weighted by atomic mass is 10.1. The fraction of sp³-hybridized carbons (Fsp3) is 0.650. The maximum Gasteiger partial charge on any atom is 0.401 e. The molecule has 0 amide bonds. The molecule has 0 radical (unpaired) electrons. The van der Waals surface area contributed by atoms with Crippen molar-refractivity contribution in [2.24, 2.45) is 10.9 Å². The van der Waals surface area contributed by atoms with E-state index in [1.54, 1.807) is 26.1 Å². The maximum atomic E-state index is 14.1. The summed E-state index contributed by atoms with van der Waals surface area (Å²) >= 11 is 6.16. The largest absolute Gasteiger partial charge is 0.401 e. The van der Waals surface area contributed by atoms with Crippen LogP contribution in [0.2, 0.25) is 5.02 Å². The third-order valence-electron chi connectivity index (χ3n) is 5.64. The first-order valence-electron chi connectivity index (χ1n) is 9.93. The molecular formula is C20H27ClF4N4. The lowest BCUT2D eigenvalue weighted by Crippen LogP contribution is -2.42. The Morgan fingerprint density at radius 3 is 2.76 bits per heavy atom. The summed E-state index contributed by atoms with van der Waals surface area (Å²) in [5, 5.41) is 3.80. The van der Waals surface area contributed by atoms with Gasteiger partial charge in [0.25, 0.3) is 0 Å². The Bertz CT molecular complexity index is 719. The number of benzene rings is 1. The predicted octanol–water partition coefficient (Wildman–Crippen LogP) is 4.12. The molecule has 0 aromatic heterocycles. The number of guanidine groups is 1. The van der Waals surface area contributed by atoms with Crippen molar-refractivity contribution in [1.82, 2.24) is 15.1 Å². The second-order valence-electron chi connectivity index (χ2n) is 7.82. The third kappa shape index (κ3) is 5.75. The molecule has 3 rings (SSSR count). The first kappa shape index (κ1) is 22.2. The highest BCUT2D eigenvalue weighted by molar-refractivity contribution is 6.31. The number of hydrogen-bond donors (Lipinski definition) is 1. The number of alkyl halides is 3. The van der Waals surface area contributed by atoms with E-state index in [9.17, 15) is 17.6 Å². The van der Waals surface area contributed by atoms with Gasteiger partial charge in [0.15, 0.2) is 5.96 Å². The van der Waals surface area contributed by atoms with Gasteiger partial charge in [-0.3, -0.25) is 9.89 Å². The quantitative estimate of drug-likeness (QED) is 0.415. The van der Waals surface area contributed by atoms with Gasteiger partial charge in [-0.2, -0.15) is 13.2 Å². The Labute approximate surface area is 173 Å². The van der Waals surface area contributed by atoms with Crippen molar-refractivity contribution in [1.29, 1.82) is 0 Å². The molecule has 1 aromatic carbocycles. The van der Waals surface area contributed by atoms with Crippen molar-refractivity contribution >= 4 is 17.6 Å². The van der Waals surface area contributed by atoms with Gasteiger partial charge in [-0.05, 0) is 37.4 Å². The summed E-state index contributed by atoms with van der Waals surface area (Å²) in [6, 6.07) is 4.75. The third-order valence-corrected chi connectivity index (χ3v) is 5.97. The molecule has 0 bridgehead atoms. The van der Waals surface area contributed by atoms with E-state index in [1.807, 2.05) is 0 Å². The molecule has 1 saturated carbocycles. The van der Waals surface area contributed by atoms with Gasteiger partial charge in [0.2, 0.25) is 0 Å². The van der Waals surface area contributed by atoms with Crippen LogP contribution in [0, 0.1) is 11.7 Å². The summed E-state index contributed by atoms with van der Waals surface area (Å²) in [5.41, 5.74) is 0.534. The summed E-state index contributed by atoms with van der Waals surface area (Å²) in [5.74, 6) is 0.576. The van der Waals surface area contributed by atoms with Crippen LogP contribution in [0.4, 0.5) is 17.6 Å². The van der Waals surface area contributed by atoms with E-state index in [1.165, 1.54) is 11.0 Å². The molecule has 2 fully saturated rings. The van der Waals surface area contributed by atoms with Crippen molar-refractivity contribution in [3.8, 4) is 0 Å². The normalized spacial score (nSPS) is 25.0. The highest BCUT2D eigenvalue weighted by Crippen LogP contribution is 2.45. The van der Waals surface area contributed by atoms with Gasteiger partial charge in [-0.25, -0.2) is 4.39 Å². The van der Waals surface area contributed by atoms with Gasteiger partial charge in [0.05, 0.1) is 6.54 Å². The van der Waals surface area contributed by atoms with Crippen LogP contribution in [0.3, 0.4) is 0 Å². The smallest absolute Gasteiger partial charge is 0.353 e. The van der Waals surface area contributed by atoms with Crippen molar-refractivity contribution in [2.75, 3.05) is 39.8 Å². The van der Waals surface area contributed by atoms with E-state index in [-0.39, 0.29) is 23.7 Å². The second-order valence-corrected chi connectivity index (χ2v) is 8.23. The molecule has 3 atom stereocenters. The van der Waals surface area contributed by atoms with E-state index in [2.05, 4.69) is 15.2 Å². The zero-order valence-corrected chi connectivity index (χ0v) is 17.4. The number of hydrogen-bond acceptors (Lipinski definition) is 2. The predicted molar refractivity (Wildman–Crippen MR) is 107 cm³/mol. The molecule has 4 nitrogen and oxygen atoms in total.